The fourth-order valence-electron chi connectivity index (χ4n) is 3.81. The molecule has 0 saturated carbocycles. The molecule has 2 aromatic carbocycles. The average Bonchev–Trinajstić information content (AvgIpc) is 3.05. The van der Waals surface area contributed by atoms with Crippen LogP contribution in [0.3, 0.4) is 0 Å². The van der Waals surface area contributed by atoms with Gasteiger partial charge in [0.25, 0.3) is 0 Å². The fourth-order valence-corrected chi connectivity index (χ4v) is 3.81. The lowest BCUT2D eigenvalue weighted by molar-refractivity contribution is -0.157. The van der Waals surface area contributed by atoms with Crippen molar-refractivity contribution in [2.45, 2.75) is 24.4 Å². The maximum atomic E-state index is 13.4. The largest absolute Gasteiger partial charge is 0.491 e. The Morgan fingerprint density at radius 2 is 1.76 bits per heavy atom. The van der Waals surface area contributed by atoms with Crippen LogP contribution in [-0.4, -0.2) is 43.7 Å². The van der Waals surface area contributed by atoms with E-state index in [0.29, 0.717) is 6.61 Å². The van der Waals surface area contributed by atoms with Crippen LogP contribution in [0.2, 0.25) is 0 Å². The van der Waals surface area contributed by atoms with Crippen LogP contribution in [0, 0.1) is 0 Å². The van der Waals surface area contributed by atoms with Crippen LogP contribution in [0.1, 0.15) is 24.0 Å². The number of piperidine rings is 1. The molecule has 2 aromatic rings. The molecule has 0 amide bonds. The minimum absolute atomic E-state index is 0.0166. The molecule has 0 bridgehead atoms. The zero-order chi connectivity index (χ0) is 17.3. The van der Waals surface area contributed by atoms with Crippen LogP contribution in [0.25, 0.3) is 0 Å². The first-order valence-electron chi connectivity index (χ1n) is 8.87. The number of fused-ring (bicyclic) bond motifs is 1. The number of rotatable bonds is 3. The summed E-state index contributed by atoms with van der Waals surface area (Å²) in [5, 5.41) is 0. The van der Waals surface area contributed by atoms with Gasteiger partial charge in [-0.15, -0.1) is 0 Å². The molecule has 130 valence electrons. The van der Waals surface area contributed by atoms with E-state index in [9.17, 15) is 4.79 Å². The molecular formula is C21H23NO3. The van der Waals surface area contributed by atoms with E-state index in [1.165, 1.54) is 0 Å². The van der Waals surface area contributed by atoms with Crippen LogP contribution in [0.15, 0.2) is 54.6 Å². The third-order valence-electron chi connectivity index (χ3n) is 5.35. The number of hydrogen-bond donors (Lipinski definition) is 0. The van der Waals surface area contributed by atoms with E-state index in [4.69, 9.17) is 9.47 Å². The summed E-state index contributed by atoms with van der Waals surface area (Å²) in [7, 11) is 2.10. The summed E-state index contributed by atoms with van der Waals surface area (Å²) in [5.74, 6) is 0.574. The van der Waals surface area contributed by atoms with Crippen LogP contribution >= 0.6 is 0 Å². The van der Waals surface area contributed by atoms with Crippen molar-refractivity contribution in [3.63, 3.8) is 0 Å². The van der Waals surface area contributed by atoms with Gasteiger partial charge in [0.1, 0.15) is 18.5 Å². The Hall–Kier alpha value is -2.33. The number of carbonyl (C=O) groups is 1. The predicted octanol–water partition coefficient (Wildman–Crippen LogP) is 3.00. The number of hydrogen-bond acceptors (Lipinski definition) is 4. The molecule has 1 saturated heterocycles. The van der Waals surface area contributed by atoms with Crippen molar-refractivity contribution in [1.29, 1.82) is 0 Å². The number of ether oxygens (including phenoxy) is 2. The molecule has 0 aromatic heterocycles. The molecule has 0 spiro atoms. The van der Waals surface area contributed by atoms with Gasteiger partial charge in [-0.25, -0.2) is 0 Å². The van der Waals surface area contributed by atoms with Crippen LogP contribution in [0.4, 0.5) is 0 Å². The van der Waals surface area contributed by atoms with Crippen molar-refractivity contribution in [2.75, 3.05) is 26.7 Å². The number of likely N-dealkylation sites (tertiary alicyclic amines) is 1. The second-order valence-corrected chi connectivity index (χ2v) is 6.96. The van der Waals surface area contributed by atoms with E-state index in [-0.39, 0.29) is 12.1 Å². The van der Waals surface area contributed by atoms with E-state index in [0.717, 1.165) is 42.8 Å². The highest BCUT2D eigenvalue weighted by Gasteiger charge is 2.50. The zero-order valence-electron chi connectivity index (χ0n) is 14.5. The predicted molar refractivity (Wildman–Crippen MR) is 95.8 cm³/mol. The second kappa shape index (κ2) is 6.52. The molecular weight excluding hydrogens is 314 g/mol. The molecule has 4 nitrogen and oxygen atoms in total. The lowest BCUT2D eigenvalue weighted by atomic mass is 9.76. The number of para-hydroxylation sites is 1. The highest BCUT2D eigenvalue weighted by Crippen LogP contribution is 2.44. The van der Waals surface area contributed by atoms with Crippen molar-refractivity contribution < 1.29 is 14.3 Å². The molecule has 2 aliphatic heterocycles. The lowest BCUT2D eigenvalue weighted by Gasteiger charge is -2.32. The highest BCUT2D eigenvalue weighted by atomic mass is 16.6. The third kappa shape index (κ3) is 2.81. The second-order valence-electron chi connectivity index (χ2n) is 6.96. The van der Waals surface area contributed by atoms with Gasteiger partial charge in [0, 0.05) is 18.7 Å². The van der Waals surface area contributed by atoms with Gasteiger partial charge in [0.15, 0.2) is 5.41 Å². The van der Waals surface area contributed by atoms with E-state index in [1.54, 1.807) is 0 Å². The summed E-state index contributed by atoms with van der Waals surface area (Å²) in [6.45, 7) is 2.22. The minimum atomic E-state index is -0.874. The Kier molecular flexibility index (Phi) is 4.22. The van der Waals surface area contributed by atoms with Crippen LogP contribution in [-0.2, 0) is 14.9 Å². The molecule has 0 N–H and O–H groups in total. The topological polar surface area (TPSA) is 38.8 Å². The van der Waals surface area contributed by atoms with Gasteiger partial charge in [0.05, 0.1) is 0 Å². The summed E-state index contributed by atoms with van der Waals surface area (Å²) >= 11 is 0. The zero-order valence-corrected chi connectivity index (χ0v) is 14.5. The highest BCUT2D eigenvalue weighted by molar-refractivity contribution is 5.90. The summed E-state index contributed by atoms with van der Waals surface area (Å²) in [6, 6.07) is 17.6. The van der Waals surface area contributed by atoms with Crippen LogP contribution < -0.4 is 4.74 Å². The molecule has 0 aliphatic carbocycles. The maximum Gasteiger partial charge on any atom is 0.325 e. The first kappa shape index (κ1) is 16.2. The quantitative estimate of drug-likeness (QED) is 0.807. The maximum absolute atomic E-state index is 13.4. The van der Waals surface area contributed by atoms with E-state index in [1.807, 2.05) is 54.6 Å². The van der Waals surface area contributed by atoms with E-state index < -0.39 is 5.41 Å². The van der Waals surface area contributed by atoms with Crippen molar-refractivity contribution >= 4 is 5.97 Å². The van der Waals surface area contributed by atoms with Gasteiger partial charge in [-0.2, -0.15) is 0 Å². The van der Waals surface area contributed by atoms with Gasteiger partial charge in [-0.1, -0.05) is 48.5 Å². The Morgan fingerprint density at radius 3 is 2.52 bits per heavy atom. The standard InChI is InChI=1S/C21H23NO3/c1-22-13-11-17(12-14-22)25-20(23)21(16-7-3-2-4-8-16)15-24-19-10-6-5-9-18(19)21/h2-10,17H,11-15H2,1H3. The summed E-state index contributed by atoms with van der Waals surface area (Å²) in [6.07, 6.45) is 1.75. The molecule has 1 atom stereocenters. The lowest BCUT2D eigenvalue weighted by Crippen LogP contribution is -2.44. The fraction of sp³-hybridized carbons (Fsp3) is 0.381. The summed E-state index contributed by atoms with van der Waals surface area (Å²) < 4.78 is 11.9. The smallest absolute Gasteiger partial charge is 0.325 e. The SMILES string of the molecule is CN1CCC(OC(=O)C2(c3ccccc3)COc3ccccc32)CC1. The van der Waals surface area contributed by atoms with Crippen molar-refractivity contribution in [2.24, 2.45) is 0 Å². The first-order chi connectivity index (χ1) is 12.2. The Bertz CT molecular complexity index is 753. The van der Waals surface area contributed by atoms with Crippen LogP contribution in [0.5, 0.6) is 5.75 Å². The molecule has 0 radical (unpaired) electrons. The molecule has 4 heteroatoms. The number of benzene rings is 2. The molecule has 2 aliphatic rings. The van der Waals surface area contributed by atoms with Gasteiger partial charge >= 0.3 is 5.97 Å². The Balaban J connectivity index is 1.69. The van der Waals surface area contributed by atoms with Gasteiger partial charge in [0.2, 0.25) is 0 Å². The first-order valence-corrected chi connectivity index (χ1v) is 8.87. The van der Waals surface area contributed by atoms with Gasteiger partial charge in [-0.3, -0.25) is 4.79 Å². The third-order valence-corrected chi connectivity index (χ3v) is 5.35. The number of carbonyl (C=O) groups excluding carboxylic acids is 1. The van der Waals surface area contributed by atoms with Crippen molar-refractivity contribution in [3.8, 4) is 5.75 Å². The number of esters is 1. The van der Waals surface area contributed by atoms with E-state index in [2.05, 4.69) is 11.9 Å². The summed E-state index contributed by atoms with van der Waals surface area (Å²) in [4.78, 5) is 15.6. The number of nitrogens with zero attached hydrogens (tertiary/aromatic N) is 1. The molecule has 1 fully saturated rings. The molecule has 25 heavy (non-hydrogen) atoms. The van der Waals surface area contributed by atoms with Crippen molar-refractivity contribution in [1.82, 2.24) is 4.90 Å². The Morgan fingerprint density at radius 1 is 1.08 bits per heavy atom. The molecule has 4 rings (SSSR count). The van der Waals surface area contributed by atoms with Gasteiger partial charge < -0.3 is 14.4 Å². The molecule has 2 heterocycles. The average molecular weight is 337 g/mol. The minimum Gasteiger partial charge on any atom is -0.491 e. The summed E-state index contributed by atoms with van der Waals surface area (Å²) in [5.41, 5.74) is 0.957. The van der Waals surface area contributed by atoms with Crippen molar-refractivity contribution in [3.05, 3.63) is 65.7 Å². The molecule has 1 unspecified atom stereocenters. The monoisotopic (exact) mass is 337 g/mol. The van der Waals surface area contributed by atoms with Gasteiger partial charge in [-0.05, 0) is 31.5 Å². The van der Waals surface area contributed by atoms with E-state index >= 15 is 0 Å². The normalized spacial score (nSPS) is 23.7. The Labute approximate surface area is 148 Å².